The molecule has 4 aromatic carbocycles. The summed E-state index contributed by atoms with van der Waals surface area (Å²) in [6, 6.07) is 35.6. The Kier molecular flexibility index (Phi) is 19.0. The average molecular weight is 800 g/mol. The van der Waals surface area contributed by atoms with Gasteiger partial charge in [-0.25, -0.2) is 0 Å². The third-order valence-corrected chi connectivity index (χ3v) is 9.25. The van der Waals surface area contributed by atoms with Gasteiger partial charge in [-0.05, 0) is 101 Å². The predicted octanol–water partition coefficient (Wildman–Crippen LogP) is 9.11. The third-order valence-electron chi connectivity index (χ3n) is 8.93. The standard InChI is InChI=1S/C21H27NO3.C12H17NO.C9H11BrO2.ClH/c1-21(25-18-8-4-3-5-9-18)12-14-22(15-13-21)16-17-24-20-11-7-6-10-19(20)23-2;1-12(7-9-13-10-8-12)14-11-5-3-2-4-6-11;1-11-8-4-2-3-5-9(8)12-7-6-10;/h3-11H,12-17H2,1-2H3;2-6,13H,7-10H2,1H3;2-5H,6-7H2,1H3;1H. The summed E-state index contributed by atoms with van der Waals surface area (Å²) in [5, 5.41) is 4.17. The van der Waals surface area contributed by atoms with Crippen LogP contribution in [0.1, 0.15) is 39.5 Å². The van der Waals surface area contributed by atoms with Crippen molar-refractivity contribution in [2.45, 2.75) is 50.7 Å². The summed E-state index contributed by atoms with van der Waals surface area (Å²) < 4.78 is 33.9. The highest BCUT2D eigenvalue weighted by Crippen LogP contribution is 2.30. The van der Waals surface area contributed by atoms with Gasteiger partial charge in [0.05, 0.1) is 20.8 Å². The summed E-state index contributed by atoms with van der Waals surface area (Å²) in [6.45, 7) is 10.8. The molecule has 6 rings (SSSR count). The van der Waals surface area contributed by atoms with E-state index in [0.717, 1.165) is 98.2 Å². The van der Waals surface area contributed by atoms with Crippen LogP contribution in [0.15, 0.2) is 109 Å². The largest absolute Gasteiger partial charge is 0.493 e. The molecule has 10 heteroatoms. The molecular weight excluding hydrogens is 744 g/mol. The summed E-state index contributed by atoms with van der Waals surface area (Å²) >= 11 is 3.29. The number of ether oxygens (including phenoxy) is 6. The number of nitrogens with one attached hydrogen (secondary N) is 1. The van der Waals surface area contributed by atoms with Crippen LogP contribution < -0.4 is 33.7 Å². The molecule has 1 N–H and O–H groups in total. The number of hydrogen-bond acceptors (Lipinski definition) is 8. The molecule has 0 amide bonds. The lowest BCUT2D eigenvalue weighted by atomic mass is 9.93. The lowest BCUT2D eigenvalue weighted by Crippen LogP contribution is -2.47. The van der Waals surface area contributed by atoms with Crippen LogP contribution in [0.3, 0.4) is 0 Å². The first-order valence-corrected chi connectivity index (χ1v) is 19.0. The van der Waals surface area contributed by atoms with Crippen LogP contribution in [0.2, 0.25) is 0 Å². The van der Waals surface area contributed by atoms with Crippen molar-refractivity contribution in [3.8, 4) is 34.5 Å². The van der Waals surface area contributed by atoms with Gasteiger partial charge in [0.1, 0.15) is 29.3 Å². The topological polar surface area (TPSA) is 70.7 Å². The van der Waals surface area contributed by atoms with E-state index in [1.807, 2.05) is 109 Å². The first-order chi connectivity index (χ1) is 24.8. The average Bonchev–Trinajstić information content (AvgIpc) is 3.16. The molecule has 4 aromatic rings. The van der Waals surface area contributed by atoms with E-state index in [0.29, 0.717) is 13.2 Å². The molecule has 52 heavy (non-hydrogen) atoms. The minimum Gasteiger partial charge on any atom is -0.493 e. The Morgan fingerprint density at radius 2 is 0.981 bits per heavy atom. The van der Waals surface area contributed by atoms with Gasteiger partial charge in [-0.1, -0.05) is 76.6 Å². The summed E-state index contributed by atoms with van der Waals surface area (Å²) in [5.41, 5.74) is -0.0615. The van der Waals surface area contributed by atoms with Gasteiger partial charge in [0.15, 0.2) is 23.0 Å². The first kappa shape index (κ1) is 42.8. The maximum atomic E-state index is 6.22. The molecule has 0 aliphatic carbocycles. The highest BCUT2D eigenvalue weighted by atomic mass is 79.9. The van der Waals surface area contributed by atoms with Crippen LogP contribution in [0.4, 0.5) is 0 Å². The zero-order valence-corrected chi connectivity index (χ0v) is 33.5. The third kappa shape index (κ3) is 14.8. The number of nitrogens with zero attached hydrogens (tertiary/aromatic N) is 1. The number of hydrogen-bond donors (Lipinski definition) is 1. The van der Waals surface area contributed by atoms with Crippen molar-refractivity contribution < 1.29 is 28.4 Å². The van der Waals surface area contributed by atoms with E-state index < -0.39 is 0 Å². The van der Waals surface area contributed by atoms with Crippen LogP contribution in [-0.4, -0.2) is 81.6 Å². The van der Waals surface area contributed by atoms with E-state index >= 15 is 0 Å². The summed E-state index contributed by atoms with van der Waals surface area (Å²) in [6.07, 6.45) is 4.22. The first-order valence-electron chi connectivity index (χ1n) is 17.8. The predicted molar refractivity (Wildman–Crippen MR) is 217 cm³/mol. The summed E-state index contributed by atoms with van der Waals surface area (Å²) in [7, 11) is 3.30. The van der Waals surface area contributed by atoms with Crippen LogP contribution in [0, 0.1) is 0 Å². The number of piperidine rings is 2. The van der Waals surface area contributed by atoms with Crippen LogP contribution in [0.5, 0.6) is 34.5 Å². The maximum absolute atomic E-state index is 6.22. The summed E-state index contributed by atoms with van der Waals surface area (Å²) in [5.74, 6) is 5.09. The molecule has 0 atom stereocenters. The molecule has 0 radical (unpaired) electrons. The second-order valence-corrected chi connectivity index (χ2v) is 13.8. The van der Waals surface area contributed by atoms with Crippen molar-refractivity contribution in [1.29, 1.82) is 0 Å². The molecule has 2 heterocycles. The quantitative estimate of drug-likeness (QED) is 0.135. The van der Waals surface area contributed by atoms with Crippen molar-refractivity contribution in [1.82, 2.24) is 10.2 Å². The minimum atomic E-state index is -0.0820. The van der Waals surface area contributed by atoms with Crippen molar-refractivity contribution in [2.75, 3.05) is 65.5 Å². The van der Waals surface area contributed by atoms with Gasteiger partial charge in [0, 0.05) is 25.0 Å². The van der Waals surface area contributed by atoms with E-state index in [9.17, 15) is 0 Å². The highest BCUT2D eigenvalue weighted by molar-refractivity contribution is 9.09. The van der Waals surface area contributed by atoms with E-state index in [-0.39, 0.29) is 23.6 Å². The zero-order chi connectivity index (χ0) is 36.2. The Labute approximate surface area is 325 Å². The van der Waals surface area contributed by atoms with Gasteiger partial charge >= 0.3 is 0 Å². The number of likely N-dealkylation sites (tertiary alicyclic amines) is 1. The van der Waals surface area contributed by atoms with E-state index in [1.165, 1.54) is 0 Å². The molecule has 0 unspecified atom stereocenters. The number of benzene rings is 4. The van der Waals surface area contributed by atoms with Crippen molar-refractivity contribution in [3.63, 3.8) is 0 Å². The highest BCUT2D eigenvalue weighted by Gasteiger charge is 2.32. The maximum Gasteiger partial charge on any atom is 0.161 e. The SMILES string of the molecule is CC1(Oc2ccccc2)CCNCC1.COc1ccccc1OCCBr.COc1ccccc1OCCN1CCC(C)(Oc2ccccc2)CC1.Cl. The van der Waals surface area contributed by atoms with Gasteiger partial charge in [-0.15, -0.1) is 12.4 Å². The Balaban J connectivity index is 0.000000229. The lowest BCUT2D eigenvalue weighted by Gasteiger charge is -2.39. The Morgan fingerprint density at radius 3 is 1.42 bits per heavy atom. The number of halogens is 2. The molecule has 0 saturated carbocycles. The van der Waals surface area contributed by atoms with Gasteiger partial charge in [0.2, 0.25) is 0 Å². The van der Waals surface area contributed by atoms with Gasteiger partial charge in [0.25, 0.3) is 0 Å². The number of rotatable bonds is 13. The van der Waals surface area contributed by atoms with Gasteiger partial charge < -0.3 is 33.7 Å². The molecule has 0 aromatic heterocycles. The number of para-hydroxylation sites is 6. The second kappa shape index (κ2) is 23.1. The van der Waals surface area contributed by atoms with E-state index in [2.05, 4.69) is 40.0 Å². The van der Waals surface area contributed by atoms with Crippen molar-refractivity contribution in [3.05, 3.63) is 109 Å². The smallest absolute Gasteiger partial charge is 0.161 e. The molecule has 0 spiro atoms. The molecular formula is C42H56BrClN2O6. The fourth-order valence-corrected chi connectivity index (χ4v) is 6.03. The number of alkyl halides is 1. The van der Waals surface area contributed by atoms with Crippen LogP contribution >= 0.6 is 28.3 Å². The minimum absolute atomic E-state index is 0. The van der Waals surface area contributed by atoms with Gasteiger partial charge in [-0.2, -0.15) is 0 Å². The zero-order valence-electron chi connectivity index (χ0n) is 31.1. The molecule has 8 nitrogen and oxygen atoms in total. The number of methoxy groups -OCH3 is 2. The van der Waals surface area contributed by atoms with E-state index in [4.69, 9.17) is 28.4 Å². The second-order valence-electron chi connectivity index (χ2n) is 13.0. The van der Waals surface area contributed by atoms with Crippen LogP contribution in [0.25, 0.3) is 0 Å². The molecule has 2 fully saturated rings. The fraction of sp³-hybridized carbons (Fsp3) is 0.429. The fourth-order valence-electron chi connectivity index (χ4n) is 5.86. The Hall–Kier alpha value is -3.63. The lowest BCUT2D eigenvalue weighted by molar-refractivity contribution is 0.0135. The normalized spacial score (nSPS) is 15.9. The molecule has 2 aliphatic rings. The molecule has 284 valence electrons. The Morgan fingerprint density at radius 1 is 0.577 bits per heavy atom. The van der Waals surface area contributed by atoms with Crippen molar-refractivity contribution in [2.24, 2.45) is 0 Å². The monoisotopic (exact) mass is 798 g/mol. The Bertz CT molecular complexity index is 1520. The summed E-state index contributed by atoms with van der Waals surface area (Å²) in [4.78, 5) is 2.44. The molecule has 2 saturated heterocycles. The molecule has 0 bridgehead atoms. The van der Waals surface area contributed by atoms with E-state index in [1.54, 1.807) is 14.2 Å². The molecule has 2 aliphatic heterocycles. The van der Waals surface area contributed by atoms with Crippen LogP contribution in [-0.2, 0) is 0 Å². The van der Waals surface area contributed by atoms with Crippen molar-refractivity contribution >= 4 is 28.3 Å². The van der Waals surface area contributed by atoms with Gasteiger partial charge in [-0.3, -0.25) is 4.90 Å².